The lowest BCUT2D eigenvalue weighted by Crippen LogP contribution is -2.43. The van der Waals surface area contributed by atoms with Crippen LogP contribution in [0.3, 0.4) is 0 Å². The summed E-state index contributed by atoms with van der Waals surface area (Å²) >= 11 is 0. The van der Waals surface area contributed by atoms with Crippen LogP contribution in [0.25, 0.3) is 0 Å². The molecule has 1 fully saturated rings. The van der Waals surface area contributed by atoms with Crippen molar-refractivity contribution in [1.82, 2.24) is 5.32 Å². The van der Waals surface area contributed by atoms with Crippen molar-refractivity contribution < 1.29 is 18.4 Å². The van der Waals surface area contributed by atoms with Crippen LogP contribution in [0.4, 0.5) is 25.0 Å². The highest BCUT2D eigenvalue weighted by Gasteiger charge is 2.33. The van der Waals surface area contributed by atoms with Gasteiger partial charge in [-0.05, 0) is 55.7 Å². The summed E-state index contributed by atoms with van der Waals surface area (Å²) in [6.45, 7) is 4.45. The first kappa shape index (κ1) is 17.8. The van der Waals surface area contributed by atoms with Gasteiger partial charge in [-0.2, -0.15) is 0 Å². The molecule has 0 saturated carbocycles. The molecule has 3 rings (SSSR count). The quantitative estimate of drug-likeness (QED) is 0.881. The maximum absolute atomic E-state index is 13.2. The molecule has 1 heterocycles. The first-order chi connectivity index (χ1) is 12.3. The van der Waals surface area contributed by atoms with Crippen LogP contribution < -0.4 is 15.5 Å². The minimum atomic E-state index is -0.793. The molecule has 0 radical (unpaired) electrons. The Hall–Kier alpha value is -2.96. The van der Waals surface area contributed by atoms with Gasteiger partial charge in [-0.25, -0.2) is 13.6 Å². The fourth-order valence-electron chi connectivity index (χ4n) is 2.92. The summed E-state index contributed by atoms with van der Waals surface area (Å²) in [5.41, 5.74) is 2.99. The van der Waals surface area contributed by atoms with E-state index in [2.05, 4.69) is 10.6 Å². The van der Waals surface area contributed by atoms with Gasteiger partial charge in [0.2, 0.25) is 5.91 Å². The SMILES string of the molecule is Cc1ccc(N2CC[C@@H](NC(=O)Nc3cc(F)cc(F)c3)C2=O)cc1C. The molecule has 136 valence electrons. The third kappa shape index (κ3) is 3.82. The summed E-state index contributed by atoms with van der Waals surface area (Å²) in [5, 5.41) is 4.90. The van der Waals surface area contributed by atoms with Crippen molar-refractivity contribution in [1.29, 1.82) is 0 Å². The van der Waals surface area contributed by atoms with Crippen LogP contribution in [0, 0.1) is 25.5 Å². The molecule has 1 saturated heterocycles. The second-order valence-corrected chi connectivity index (χ2v) is 6.36. The minimum absolute atomic E-state index is 0.0172. The van der Waals surface area contributed by atoms with E-state index in [-0.39, 0.29) is 11.6 Å². The molecule has 0 bridgehead atoms. The summed E-state index contributed by atoms with van der Waals surface area (Å²) in [4.78, 5) is 26.2. The lowest BCUT2D eigenvalue weighted by atomic mass is 10.1. The van der Waals surface area contributed by atoms with Gasteiger partial charge < -0.3 is 15.5 Å². The summed E-state index contributed by atoms with van der Waals surface area (Å²) < 4.78 is 26.3. The molecule has 0 aliphatic carbocycles. The monoisotopic (exact) mass is 359 g/mol. The van der Waals surface area contributed by atoms with Crippen molar-refractivity contribution in [2.75, 3.05) is 16.8 Å². The first-order valence-corrected chi connectivity index (χ1v) is 8.26. The molecule has 2 aromatic rings. The lowest BCUT2D eigenvalue weighted by Gasteiger charge is -2.18. The summed E-state index contributed by atoms with van der Waals surface area (Å²) in [6, 6.07) is 7.10. The largest absolute Gasteiger partial charge is 0.326 e. The third-order valence-corrected chi connectivity index (χ3v) is 4.43. The fourth-order valence-corrected chi connectivity index (χ4v) is 2.92. The van der Waals surface area contributed by atoms with E-state index in [4.69, 9.17) is 0 Å². The van der Waals surface area contributed by atoms with E-state index in [1.807, 2.05) is 32.0 Å². The number of nitrogens with zero attached hydrogens (tertiary/aromatic N) is 1. The van der Waals surface area contributed by atoms with Gasteiger partial charge in [-0.15, -0.1) is 0 Å². The van der Waals surface area contributed by atoms with Crippen molar-refractivity contribution in [3.05, 3.63) is 59.2 Å². The zero-order chi connectivity index (χ0) is 18.8. The number of carbonyl (C=O) groups excluding carboxylic acids is 2. The molecule has 3 amide bonds. The molecule has 1 aliphatic heterocycles. The number of anilines is 2. The number of hydrogen-bond donors (Lipinski definition) is 2. The Morgan fingerprint density at radius 1 is 1.08 bits per heavy atom. The molecular weight excluding hydrogens is 340 g/mol. The van der Waals surface area contributed by atoms with E-state index in [9.17, 15) is 18.4 Å². The van der Waals surface area contributed by atoms with Gasteiger partial charge in [0.1, 0.15) is 17.7 Å². The van der Waals surface area contributed by atoms with E-state index >= 15 is 0 Å². The van der Waals surface area contributed by atoms with Crippen LogP contribution in [0.2, 0.25) is 0 Å². The van der Waals surface area contributed by atoms with Gasteiger partial charge in [0.05, 0.1) is 0 Å². The van der Waals surface area contributed by atoms with Crippen molar-refractivity contribution in [3.63, 3.8) is 0 Å². The Kier molecular flexibility index (Phi) is 4.88. The summed E-state index contributed by atoms with van der Waals surface area (Å²) in [6.07, 6.45) is 0.455. The molecule has 5 nitrogen and oxygen atoms in total. The molecule has 0 aromatic heterocycles. The molecule has 1 atom stereocenters. The average molecular weight is 359 g/mol. The Labute approximate surface area is 150 Å². The third-order valence-electron chi connectivity index (χ3n) is 4.43. The highest BCUT2D eigenvalue weighted by molar-refractivity contribution is 6.02. The number of nitrogens with one attached hydrogen (secondary N) is 2. The number of hydrogen-bond acceptors (Lipinski definition) is 2. The number of urea groups is 1. The molecule has 1 aliphatic rings. The van der Waals surface area contributed by atoms with E-state index in [0.717, 1.165) is 28.9 Å². The Balaban J connectivity index is 1.64. The van der Waals surface area contributed by atoms with Crippen LogP contribution in [-0.2, 0) is 4.79 Å². The second-order valence-electron chi connectivity index (χ2n) is 6.36. The Bertz CT molecular complexity index is 850. The van der Waals surface area contributed by atoms with Gasteiger partial charge in [0.15, 0.2) is 0 Å². The number of aryl methyl sites for hydroxylation is 2. The normalized spacial score (nSPS) is 16.7. The summed E-state index contributed by atoms with van der Waals surface area (Å²) in [7, 11) is 0. The number of halogens is 2. The van der Waals surface area contributed by atoms with Crippen LogP contribution in [0.1, 0.15) is 17.5 Å². The van der Waals surface area contributed by atoms with Crippen LogP contribution in [-0.4, -0.2) is 24.5 Å². The van der Waals surface area contributed by atoms with Crippen molar-refractivity contribution in [2.45, 2.75) is 26.3 Å². The number of amides is 3. The average Bonchev–Trinajstić information content (AvgIpc) is 2.90. The maximum atomic E-state index is 13.2. The van der Waals surface area contributed by atoms with Crippen LogP contribution in [0.5, 0.6) is 0 Å². The molecular formula is C19H19F2N3O2. The van der Waals surface area contributed by atoms with Gasteiger partial charge in [0.25, 0.3) is 0 Å². The highest BCUT2D eigenvalue weighted by atomic mass is 19.1. The van der Waals surface area contributed by atoms with E-state index < -0.39 is 23.7 Å². The van der Waals surface area contributed by atoms with Crippen molar-refractivity contribution >= 4 is 23.3 Å². The van der Waals surface area contributed by atoms with Crippen molar-refractivity contribution in [2.24, 2.45) is 0 Å². The van der Waals surface area contributed by atoms with E-state index in [1.54, 1.807) is 4.90 Å². The second kappa shape index (κ2) is 7.11. The topological polar surface area (TPSA) is 61.4 Å². The Morgan fingerprint density at radius 2 is 1.77 bits per heavy atom. The van der Waals surface area contributed by atoms with Crippen molar-refractivity contribution in [3.8, 4) is 0 Å². The smallest absolute Gasteiger partial charge is 0.319 e. The lowest BCUT2D eigenvalue weighted by molar-refractivity contribution is -0.118. The van der Waals surface area contributed by atoms with E-state index in [1.165, 1.54) is 0 Å². The predicted octanol–water partition coefficient (Wildman–Crippen LogP) is 3.51. The first-order valence-electron chi connectivity index (χ1n) is 8.26. The van der Waals surface area contributed by atoms with Gasteiger partial charge in [-0.3, -0.25) is 4.79 Å². The zero-order valence-electron chi connectivity index (χ0n) is 14.5. The summed E-state index contributed by atoms with van der Waals surface area (Å²) in [5.74, 6) is -1.80. The van der Waals surface area contributed by atoms with Crippen LogP contribution in [0.15, 0.2) is 36.4 Å². The number of carbonyl (C=O) groups is 2. The highest BCUT2D eigenvalue weighted by Crippen LogP contribution is 2.24. The number of rotatable bonds is 3. The molecule has 0 spiro atoms. The number of benzene rings is 2. The van der Waals surface area contributed by atoms with Gasteiger partial charge in [-0.1, -0.05) is 6.07 Å². The molecule has 2 aromatic carbocycles. The van der Waals surface area contributed by atoms with Crippen LogP contribution >= 0.6 is 0 Å². The molecule has 2 N–H and O–H groups in total. The maximum Gasteiger partial charge on any atom is 0.319 e. The standard InChI is InChI=1S/C19H19F2N3O2/c1-11-3-4-16(7-12(11)2)24-6-5-17(18(24)25)23-19(26)22-15-9-13(20)8-14(21)10-15/h3-4,7-10,17H,5-6H2,1-2H3,(H2,22,23,26)/t17-/m1/s1. The minimum Gasteiger partial charge on any atom is -0.326 e. The molecule has 0 unspecified atom stereocenters. The molecule has 7 heteroatoms. The van der Waals surface area contributed by atoms with Gasteiger partial charge in [0, 0.05) is 24.0 Å². The fraction of sp³-hybridized carbons (Fsp3) is 0.263. The predicted molar refractivity (Wildman–Crippen MR) is 95.2 cm³/mol. The zero-order valence-corrected chi connectivity index (χ0v) is 14.5. The van der Waals surface area contributed by atoms with Gasteiger partial charge >= 0.3 is 6.03 Å². The Morgan fingerprint density at radius 3 is 2.42 bits per heavy atom. The molecule has 26 heavy (non-hydrogen) atoms. The van der Waals surface area contributed by atoms with E-state index in [0.29, 0.717) is 19.0 Å².